The van der Waals surface area contributed by atoms with E-state index in [1.165, 1.54) is 38.5 Å². The van der Waals surface area contributed by atoms with E-state index < -0.39 is 0 Å². The van der Waals surface area contributed by atoms with Gasteiger partial charge in [0.05, 0.1) is 6.10 Å². The first-order chi connectivity index (χ1) is 4.93. The third-order valence-corrected chi connectivity index (χ3v) is 1.88. The summed E-state index contributed by atoms with van der Waals surface area (Å²) in [6, 6.07) is 0. The molecule has 0 aliphatic heterocycles. The lowest BCUT2D eigenvalue weighted by Gasteiger charge is -1.99. The van der Waals surface area contributed by atoms with Crippen LogP contribution in [-0.4, -0.2) is 12.7 Å². The number of hydrogen-bond donors (Lipinski definition) is 0. The van der Waals surface area contributed by atoms with Crippen molar-refractivity contribution < 1.29 is 4.74 Å². The standard InChI is InChI=1S/C9H18O/c1-2-3-4-5-8-10-9-6-7-9/h9H,2-8H2,1H3. The Bertz CT molecular complexity index is 76.8. The molecule has 10 heavy (non-hydrogen) atoms. The van der Waals surface area contributed by atoms with Crippen LogP contribution in [0.2, 0.25) is 0 Å². The minimum Gasteiger partial charge on any atom is -0.378 e. The molecular weight excluding hydrogens is 124 g/mol. The number of unbranched alkanes of at least 4 members (excludes halogenated alkanes) is 3. The highest BCUT2D eigenvalue weighted by atomic mass is 16.5. The van der Waals surface area contributed by atoms with E-state index >= 15 is 0 Å². The van der Waals surface area contributed by atoms with Crippen LogP contribution in [0.5, 0.6) is 0 Å². The van der Waals surface area contributed by atoms with Crippen molar-refractivity contribution in [3.8, 4) is 0 Å². The Morgan fingerprint density at radius 1 is 1.20 bits per heavy atom. The molecule has 0 bridgehead atoms. The molecule has 1 rings (SSSR count). The predicted molar refractivity (Wildman–Crippen MR) is 43.1 cm³/mol. The molecular formula is C9H18O. The number of rotatable bonds is 6. The molecule has 0 N–H and O–H groups in total. The second-order valence-electron chi connectivity index (χ2n) is 3.13. The monoisotopic (exact) mass is 142 g/mol. The summed E-state index contributed by atoms with van der Waals surface area (Å²) in [6.45, 7) is 3.24. The van der Waals surface area contributed by atoms with Crippen LogP contribution in [0.15, 0.2) is 0 Å². The van der Waals surface area contributed by atoms with E-state index in [0.29, 0.717) is 6.10 Å². The van der Waals surface area contributed by atoms with Crippen LogP contribution in [0.25, 0.3) is 0 Å². The minimum absolute atomic E-state index is 0.654. The van der Waals surface area contributed by atoms with Crippen molar-refractivity contribution in [2.75, 3.05) is 6.61 Å². The van der Waals surface area contributed by atoms with E-state index in [2.05, 4.69) is 6.92 Å². The zero-order chi connectivity index (χ0) is 7.23. The summed E-state index contributed by atoms with van der Waals surface area (Å²) < 4.78 is 5.50. The largest absolute Gasteiger partial charge is 0.378 e. The fraction of sp³-hybridized carbons (Fsp3) is 1.00. The average Bonchev–Trinajstić information content (AvgIpc) is 2.71. The molecule has 0 atom stereocenters. The first kappa shape index (κ1) is 8.06. The molecule has 0 unspecified atom stereocenters. The zero-order valence-electron chi connectivity index (χ0n) is 6.94. The van der Waals surface area contributed by atoms with Gasteiger partial charge in [0.2, 0.25) is 0 Å². The number of hydrogen-bond acceptors (Lipinski definition) is 1. The van der Waals surface area contributed by atoms with E-state index in [1.54, 1.807) is 0 Å². The van der Waals surface area contributed by atoms with Crippen LogP contribution in [0.1, 0.15) is 45.4 Å². The molecule has 0 amide bonds. The van der Waals surface area contributed by atoms with Gasteiger partial charge in [0.15, 0.2) is 0 Å². The predicted octanol–water partition coefficient (Wildman–Crippen LogP) is 2.75. The van der Waals surface area contributed by atoms with Gasteiger partial charge in [-0.3, -0.25) is 0 Å². The molecule has 0 saturated heterocycles. The van der Waals surface area contributed by atoms with Crippen molar-refractivity contribution in [1.82, 2.24) is 0 Å². The van der Waals surface area contributed by atoms with Gasteiger partial charge in [-0.05, 0) is 19.3 Å². The van der Waals surface area contributed by atoms with Gasteiger partial charge in [0, 0.05) is 6.61 Å². The maximum atomic E-state index is 5.50. The molecule has 1 fully saturated rings. The van der Waals surface area contributed by atoms with Crippen LogP contribution in [-0.2, 0) is 4.74 Å². The van der Waals surface area contributed by atoms with Gasteiger partial charge >= 0.3 is 0 Å². The average molecular weight is 142 g/mol. The lowest BCUT2D eigenvalue weighted by atomic mass is 10.2. The highest BCUT2D eigenvalue weighted by Gasteiger charge is 2.21. The van der Waals surface area contributed by atoms with Crippen LogP contribution < -0.4 is 0 Å². The maximum Gasteiger partial charge on any atom is 0.0577 e. The van der Waals surface area contributed by atoms with Gasteiger partial charge < -0.3 is 4.74 Å². The second-order valence-corrected chi connectivity index (χ2v) is 3.13. The summed E-state index contributed by atoms with van der Waals surface area (Å²) >= 11 is 0. The van der Waals surface area contributed by atoms with Crippen molar-refractivity contribution in [1.29, 1.82) is 0 Å². The van der Waals surface area contributed by atoms with Gasteiger partial charge in [-0.1, -0.05) is 26.2 Å². The van der Waals surface area contributed by atoms with Crippen molar-refractivity contribution in [2.45, 2.75) is 51.6 Å². The third kappa shape index (κ3) is 3.89. The molecule has 0 aromatic rings. The molecule has 1 aliphatic rings. The van der Waals surface area contributed by atoms with Crippen LogP contribution >= 0.6 is 0 Å². The van der Waals surface area contributed by atoms with Gasteiger partial charge in [-0.15, -0.1) is 0 Å². The zero-order valence-corrected chi connectivity index (χ0v) is 6.94. The first-order valence-corrected chi connectivity index (χ1v) is 4.55. The summed E-state index contributed by atoms with van der Waals surface area (Å²) in [5, 5.41) is 0. The molecule has 0 spiro atoms. The van der Waals surface area contributed by atoms with Gasteiger partial charge in [0.1, 0.15) is 0 Å². The van der Waals surface area contributed by atoms with Crippen LogP contribution in [0, 0.1) is 0 Å². The summed E-state index contributed by atoms with van der Waals surface area (Å²) in [6.07, 6.45) is 8.59. The van der Waals surface area contributed by atoms with Crippen molar-refractivity contribution >= 4 is 0 Å². The van der Waals surface area contributed by atoms with E-state index in [-0.39, 0.29) is 0 Å². The topological polar surface area (TPSA) is 9.23 Å². The van der Waals surface area contributed by atoms with E-state index in [9.17, 15) is 0 Å². The smallest absolute Gasteiger partial charge is 0.0577 e. The Kier molecular flexibility index (Phi) is 3.81. The Labute approximate surface area is 63.8 Å². The molecule has 1 nitrogen and oxygen atoms in total. The van der Waals surface area contributed by atoms with Gasteiger partial charge in [-0.2, -0.15) is 0 Å². The molecule has 1 saturated carbocycles. The van der Waals surface area contributed by atoms with E-state index in [4.69, 9.17) is 4.74 Å². The fourth-order valence-corrected chi connectivity index (χ4v) is 1.01. The Morgan fingerprint density at radius 3 is 2.60 bits per heavy atom. The second kappa shape index (κ2) is 4.73. The van der Waals surface area contributed by atoms with Crippen molar-refractivity contribution in [3.05, 3.63) is 0 Å². The van der Waals surface area contributed by atoms with Gasteiger partial charge in [-0.25, -0.2) is 0 Å². The Morgan fingerprint density at radius 2 is 2.00 bits per heavy atom. The Balaban J connectivity index is 1.68. The number of ether oxygens (including phenoxy) is 1. The molecule has 60 valence electrons. The lowest BCUT2D eigenvalue weighted by molar-refractivity contribution is 0.115. The van der Waals surface area contributed by atoms with Gasteiger partial charge in [0.25, 0.3) is 0 Å². The molecule has 0 aromatic carbocycles. The normalized spacial score (nSPS) is 17.7. The Hall–Kier alpha value is -0.0400. The molecule has 0 aromatic heterocycles. The van der Waals surface area contributed by atoms with Crippen molar-refractivity contribution in [2.24, 2.45) is 0 Å². The summed E-state index contributed by atoms with van der Waals surface area (Å²) in [7, 11) is 0. The summed E-state index contributed by atoms with van der Waals surface area (Å²) in [4.78, 5) is 0. The summed E-state index contributed by atoms with van der Waals surface area (Å²) in [5.74, 6) is 0. The van der Waals surface area contributed by atoms with E-state index in [1.807, 2.05) is 0 Å². The summed E-state index contributed by atoms with van der Waals surface area (Å²) in [5.41, 5.74) is 0. The molecule has 1 heteroatoms. The molecule has 0 heterocycles. The fourth-order valence-electron chi connectivity index (χ4n) is 1.01. The van der Waals surface area contributed by atoms with Crippen LogP contribution in [0.4, 0.5) is 0 Å². The first-order valence-electron chi connectivity index (χ1n) is 4.55. The molecule has 1 aliphatic carbocycles. The SMILES string of the molecule is CCCCCCOC1CC1. The van der Waals surface area contributed by atoms with E-state index in [0.717, 1.165) is 6.61 Å². The van der Waals surface area contributed by atoms with Crippen LogP contribution in [0.3, 0.4) is 0 Å². The third-order valence-electron chi connectivity index (χ3n) is 1.88. The quantitative estimate of drug-likeness (QED) is 0.518. The lowest BCUT2D eigenvalue weighted by Crippen LogP contribution is -1.95. The minimum atomic E-state index is 0.654. The molecule has 0 radical (unpaired) electrons. The maximum absolute atomic E-state index is 5.50. The highest BCUT2D eigenvalue weighted by molar-refractivity contribution is 4.72. The highest BCUT2D eigenvalue weighted by Crippen LogP contribution is 2.23. The van der Waals surface area contributed by atoms with Crippen molar-refractivity contribution in [3.63, 3.8) is 0 Å².